The lowest BCUT2D eigenvalue weighted by Gasteiger charge is -2.29. The topological polar surface area (TPSA) is 75.7 Å². The van der Waals surface area contributed by atoms with Gasteiger partial charge < -0.3 is 16.0 Å². The van der Waals surface area contributed by atoms with E-state index in [4.69, 9.17) is 10.7 Å². The fourth-order valence-electron chi connectivity index (χ4n) is 6.85. The van der Waals surface area contributed by atoms with Crippen molar-refractivity contribution in [3.63, 3.8) is 0 Å². The Hall–Kier alpha value is -2.18. The van der Waals surface area contributed by atoms with E-state index < -0.39 is 0 Å². The number of nitrogens with two attached hydrogens (primary N) is 1. The summed E-state index contributed by atoms with van der Waals surface area (Å²) in [6.45, 7) is 3.90. The number of nitrogens with zero attached hydrogens (tertiary/aromatic N) is 3. The number of hydrogen-bond acceptors (Lipinski definition) is 4. The largest absolute Gasteiger partial charge is 0.350 e. The van der Waals surface area contributed by atoms with Crippen molar-refractivity contribution in [1.82, 2.24) is 19.6 Å². The molecule has 0 radical (unpaired) electrons. The van der Waals surface area contributed by atoms with Crippen molar-refractivity contribution < 1.29 is 4.79 Å². The summed E-state index contributed by atoms with van der Waals surface area (Å²) in [5.41, 5.74) is 10.2. The van der Waals surface area contributed by atoms with Gasteiger partial charge in [0.15, 0.2) is 0 Å². The molecule has 2 bridgehead atoms. The molecule has 1 saturated heterocycles. The van der Waals surface area contributed by atoms with Crippen molar-refractivity contribution in [3.05, 3.63) is 47.4 Å². The van der Waals surface area contributed by atoms with Crippen molar-refractivity contribution in [3.8, 4) is 0 Å². The number of fused-ring (bicyclic) bond motifs is 2. The molecular weight excluding hydrogens is 398 g/mol. The number of imidazole rings is 1. The lowest BCUT2D eigenvalue weighted by Crippen LogP contribution is -2.40. The zero-order valence-corrected chi connectivity index (χ0v) is 18.9. The molecule has 32 heavy (non-hydrogen) atoms. The fraction of sp³-hybridized carbons (Fsp3) is 0.615. The zero-order chi connectivity index (χ0) is 21.7. The number of carbonyl (C=O) groups excluding carboxylic acids is 1. The van der Waals surface area contributed by atoms with Gasteiger partial charge in [-0.05, 0) is 87.4 Å². The van der Waals surface area contributed by atoms with Gasteiger partial charge in [-0.15, -0.1) is 0 Å². The maximum Gasteiger partial charge on any atom is 0.268 e. The third-order valence-corrected chi connectivity index (χ3v) is 8.57. The highest BCUT2D eigenvalue weighted by molar-refractivity contribution is 5.93. The van der Waals surface area contributed by atoms with Gasteiger partial charge in [-0.1, -0.05) is 17.7 Å². The number of likely N-dealkylation sites (tertiary alicyclic amines) is 1. The molecule has 4 unspecified atom stereocenters. The maximum absolute atomic E-state index is 13.1. The van der Waals surface area contributed by atoms with Gasteiger partial charge in [0.2, 0.25) is 0 Å². The molecule has 6 rings (SSSR count). The Labute approximate surface area is 190 Å². The van der Waals surface area contributed by atoms with Crippen LogP contribution in [0.25, 0.3) is 5.65 Å². The number of nitrogens with one attached hydrogen (secondary N) is 1. The molecule has 0 aromatic carbocycles. The van der Waals surface area contributed by atoms with Gasteiger partial charge in [-0.3, -0.25) is 9.20 Å². The molecule has 3 aliphatic carbocycles. The highest BCUT2D eigenvalue weighted by atomic mass is 16.1. The Balaban J connectivity index is 1.10. The molecule has 3 fully saturated rings. The van der Waals surface area contributed by atoms with Crippen LogP contribution in [0.15, 0.2) is 36.0 Å². The van der Waals surface area contributed by atoms with E-state index in [9.17, 15) is 4.79 Å². The number of carbonyl (C=O) groups is 1. The zero-order valence-electron chi connectivity index (χ0n) is 18.9. The predicted molar refractivity (Wildman–Crippen MR) is 125 cm³/mol. The first kappa shape index (κ1) is 20.4. The lowest BCUT2D eigenvalue weighted by atomic mass is 9.85. The van der Waals surface area contributed by atoms with E-state index in [0.717, 1.165) is 74.5 Å². The first-order valence-electron chi connectivity index (χ1n) is 12.6. The number of aromatic nitrogens is 2. The molecule has 1 amide bonds. The van der Waals surface area contributed by atoms with Gasteiger partial charge in [-0.2, -0.15) is 0 Å². The van der Waals surface area contributed by atoms with Gasteiger partial charge in [0, 0.05) is 31.7 Å². The molecule has 4 aliphatic rings. The minimum Gasteiger partial charge on any atom is -0.350 e. The third-order valence-electron chi connectivity index (χ3n) is 8.57. The maximum atomic E-state index is 13.1. The summed E-state index contributed by atoms with van der Waals surface area (Å²) in [5, 5.41) is 3.25. The molecule has 0 spiro atoms. The highest BCUT2D eigenvalue weighted by Crippen LogP contribution is 2.56. The van der Waals surface area contributed by atoms with E-state index in [1.165, 1.54) is 25.7 Å². The van der Waals surface area contributed by atoms with E-state index in [1.54, 1.807) is 5.57 Å². The minimum absolute atomic E-state index is 0.0101. The van der Waals surface area contributed by atoms with Gasteiger partial charge in [-0.25, -0.2) is 4.98 Å². The molecule has 2 saturated carbocycles. The van der Waals surface area contributed by atoms with Crippen molar-refractivity contribution in [2.24, 2.45) is 29.4 Å². The van der Waals surface area contributed by atoms with Crippen LogP contribution in [0.1, 0.15) is 54.7 Å². The Morgan fingerprint density at radius 2 is 2.06 bits per heavy atom. The first-order chi connectivity index (χ1) is 15.6. The van der Waals surface area contributed by atoms with Crippen molar-refractivity contribution in [1.29, 1.82) is 0 Å². The normalized spacial score (nSPS) is 30.1. The Kier molecular flexibility index (Phi) is 5.30. The van der Waals surface area contributed by atoms with Crippen LogP contribution in [0.4, 0.5) is 0 Å². The number of pyridine rings is 1. The molecule has 6 heteroatoms. The minimum atomic E-state index is 0.0101. The first-order valence-corrected chi connectivity index (χ1v) is 12.6. The molecule has 3 heterocycles. The number of piperidine rings is 1. The Morgan fingerprint density at radius 1 is 1.19 bits per heavy atom. The summed E-state index contributed by atoms with van der Waals surface area (Å²) in [4.78, 5) is 20.4. The summed E-state index contributed by atoms with van der Waals surface area (Å²) in [5.74, 6) is 3.16. The van der Waals surface area contributed by atoms with Crippen LogP contribution in [0.2, 0.25) is 0 Å². The fourth-order valence-corrected chi connectivity index (χ4v) is 6.85. The predicted octanol–water partition coefficient (Wildman–Crippen LogP) is 3.02. The number of rotatable bonds is 6. The number of hydrogen-bond donors (Lipinski definition) is 2. The van der Waals surface area contributed by atoms with Crippen molar-refractivity contribution in [2.75, 3.05) is 26.2 Å². The average Bonchev–Trinajstić information content (AvgIpc) is 3.45. The van der Waals surface area contributed by atoms with Gasteiger partial charge in [0.25, 0.3) is 5.91 Å². The molecule has 4 atom stereocenters. The van der Waals surface area contributed by atoms with Crippen LogP contribution in [0.5, 0.6) is 0 Å². The monoisotopic (exact) mass is 433 g/mol. The summed E-state index contributed by atoms with van der Waals surface area (Å²) in [7, 11) is 0. The second kappa shape index (κ2) is 8.31. The molecule has 3 N–H and O–H groups in total. The summed E-state index contributed by atoms with van der Waals surface area (Å²) in [6.07, 6.45) is 12.9. The average molecular weight is 434 g/mol. The Morgan fingerprint density at radius 3 is 2.94 bits per heavy atom. The van der Waals surface area contributed by atoms with E-state index in [0.29, 0.717) is 17.7 Å². The SMILES string of the molecule is NC1CCN(CCc2cn3c(C(=O)NCC4CC5CC6CC=C4C5C6)cccc3n2)CC1. The molecule has 2 aromatic heterocycles. The molecule has 170 valence electrons. The van der Waals surface area contributed by atoms with Crippen molar-refractivity contribution in [2.45, 2.75) is 51.0 Å². The third kappa shape index (κ3) is 3.77. The van der Waals surface area contributed by atoms with Gasteiger partial charge >= 0.3 is 0 Å². The van der Waals surface area contributed by atoms with Crippen LogP contribution < -0.4 is 11.1 Å². The number of allylic oxidation sites excluding steroid dienone is 1. The summed E-state index contributed by atoms with van der Waals surface area (Å²) in [6, 6.07) is 6.20. The second-order valence-electron chi connectivity index (χ2n) is 10.6. The van der Waals surface area contributed by atoms with Crippen LogP contribution in [0.3, 0.4) is 0 Å². The van der Waals surface area contributed by atoms with E-state index in [2.05, 4.69) is 16.3 Å². The second-order valence-corrected chi connectivity index (χ2v) is 10.6. The van der Waals surface area contributed by atoms with Crippen LogP contribution in [-0.2, 0) is 6.42 Å². The van der Waals surface area contributed by atoms with Gasteiger partial charge in [0.1, 0.15) is 11.3 Å². The Bertz CT molecular complexity index is 1030. The van der Waals surface area contributed by atoms with Crippen LogP contribution >= 0.6 is 0 Å². The molecule has 2 aromatic rings. The van der Waals surface area contributed by atoms with E-state index in [-0.39, 0.29) is 5.91 Å². The van der Waals surface area contributed by atoms with Crippen LogP contribution in [0, 0.1) is 23.7 Å². The molecule has 6 nitrogen and oxygen atoms in total. The van der Waals surface area contributed by atoms with Crippen molar-refractivity contribution >= 4 is 11.6 Å². The van der Waals surface area contributed by atoms with E-state index >= 15 is 0 Å². The van der Waals surface area contributed by atoms with Gasteiger partial charge in [0.05, 0.1) is 5.69 Å². The quantitative estimate of drug-likeness (QED) is 0.687. The van der Waals surface area contributed by atoms with E-state index in [1.807, 2.05) is 28.8 Å². The highest BCUT2D eigenvalue weighted by Gasteiger charge is 2.46. The summed E-state index contributed by atoms with van der Waals surface area (Å²) < 4.78 is 1.96. The van der Waals surface area contributed by atoms with Crippen LogP contribution in [-0.4, -0.2) is 52.4 Å². The summed E-state index contributed by atoms with van der Waals surface area (Å²) >= 11 is 0. The molecular formula is C26H35N5O. The lowest BCUT2D eigenvalue weighted by molar-refractivity contribution is 0.0942. The standard InChI is InChI=1S/C26H35N5O/c27-20-6-9-30(10-7-20)11-8-21-16-31-24(2-1-3-25(31)29-21)26(32)28-15-19-14-18-12-17-4-5-22(19)23(18)13-17/h1-3,5,16-20,23H,4,6-15,27H2,(H,28,32). The number of amides is 1. The molecule has 1 aliphatic heterocycles. The smallest absolute Gasteiger partial charge is 0.268 e.